The summed E-state index contributed by atoms with van der Waals surface area (Å²) >= 11 is 1.30. The van der Waals surface area contributed by atoms with Gasteiger partial charge in [0.15, 0.2) is 0 Å². The number of carbonyl (C=O) groups is 1. The Bertz CT molecular complexity index is 854. The Morgan fingerprint density at radius 2 is 2.00 bits per heavy atom. The highest BCUT2D eigenvalue weighted by molar-refractivity contribution is 7.99. The molecule has 1 aromatic carbocycles. The standard InChI is InChI=1S/C21H27N3O4S/c1-26-15-9-10-16(18(12-15)27-2)20-22-23-21(28-20)29-13-19(25)24-11-5-7-14-6-3-4-8-17(14)24/h9-10,12,14,17H,3-8,11,13H2,1-2H3/t14-,17+/m1/s1. The van der Waals surface area contributed by atoms with E-state index in [0.717, 1.165) is 19.4 Å². The first-order valence-electron chi connectivity index (χ1n) is 10.2. The van der Waals surface area contributed by atoms with Crippen LogP contribution in [0.5, 0.6) is 11.5 Å². The summed E-state index contributed by atoms with van der Waals surface area (Å²) in [6.45, 7) is 0.874. The molecular weight excluding hydrogens is 390 g/mol. The summed E-state index contributed by atoms with van der Waals surface area (Å²) in [7, 11) is 3.19. The fourth-order valence-corrected chi connectivity index (χ4v) is 5.14. The molecule has 2 atom stereocenters. The number of nitrogens with zero attached hydrogens (tertiary/aromatic N) is 3. The Balaban J connectivity index is 1.40. The number of aromatic nitrogens is 2. The van der Waals surface area contributed by atoms with E-state index in [0.29, 0.717) is 45.9 Å². The predicted molar refractivity (Wildman–Crippen MR) is 110 cm³/mol. The van der Waals surface area contributed by atoms with Gasteiger partial charge < -0.3 is 18.8 Å². The third-order valence-corrected chi connectivity index (χ3v) is 6.73. The van der Waals surface area contributed by atoms with Gasteiger partial charge in [0.1, 0.15) is 11.5 Å². The van der Waals surface area contributed by atoms with Crippen LogP contribution in [0.2, 0.25) is 0 Å². The van der Waals surface area contributed by atoms with Crippen molar-refractivity contribution in [2.75, 3.05) is 26.5 Å². The lowest BCUT2D eigenvalue weighted by molar-refractivity contribution is -0.134. The maximum absolute atomic E-state index is 12.9. The maximum Gasteiger partial charge on any atom is 0.277 e. The van der Waals surface area contributed by atoms with Crippen LogP contribution in [-0.4, -0.2) is 53.6 Å². The molecule has 1 aliphatic heterocycles. The van der Waals surface area contributed by atoms with Gasteiger partial charge in [0.05, 0.1) is 25.5 Å². The number of benzene rings is 1. The van der Waals surface area contributed by atoms with E-state index in [9.17, 15) is 4.79 Å². The van der Waals surface area contributed by atoms with Crippen LogP contribution < -0.4 is 9.47 Å². The number of likely N-dealkylation sites (tertiary alicyclic amines) is 1. The summed E-state index contributed by atoms with van der Waals surface area (Å²) < 4.78 is 16.4. The molecule has 4 rings (SSSR count). The van der Waals surface area contributed by atoms with E-state index in [4.69, 9.17) is 13.9 Å². The molecule has 1 aliphatic carbocycles. The lowest BCUT2D eigenvalue weighted by atomic mass is 9.78. The Labute approximate surface area is 175 Å². The van der Waals surface area contributed by atoms with E-state index in [1.54, 1.807) is 20.3 Å². The first-order chi connectivity index (χ1) is 14.2. The van der Waals surface area contributed by atoms with Gasteiger partial charge in [-0.15, -0.1) is 10.2 Å². The van der Waals surface area contributed by atoms with Gasteiger partial charge >= 0.3 is 0 Å². The summed E-state index contributed by atoms with van der Waals surface area (Å²) in [5.41, 5.74) is 0.694. The second-order valence-electron chi connectivity index (χ2n) is 7.57. The van der Waals surface area contributed by atoms with Crippen LogP contribution in [-0.2, 0) is 4.79 Å². The average molecular weight is 418 g/mol. The van der Waals surface area contributed by atoms with Gasteiger partial charge in [-0.2, -0.15) is 0 Å². The van der Waals surface area contributed by atoms with E-state index < -0.39 is 0 Å². The van der Waals surface area contributed by atoms with Crippen LogP contribution in [0.25, 0.3) is 11.5 Å². The first kappa shape index (κ1) is 20.1. The van der Waals surface area contributed by atoms with Crippen LogP contribution in [0.15, 0.2) is 27.8 Å². The molecule has 0 bridgehead atoms. The molecule has 7 nitrogen and oxygen atoms in total. The van der Waals surface area contributed by atoms with Crippen LogP contribution in [0.4, 0.5) is 0 Å². The van der Waals surface area contributed by atoms with Crippen LogP contribution in [0.1, 0.15) is 38.5 Å². The molecule has 29 heavy (non-hydrogen) atoms. The largest absolute Gasteiger partial charge is 0.497 e. The predicted octanol–water partition coefficient (Wildman–Crippen LogP) is 4.03. The van der Waals surface area contributed by atoms with Crippen molar-refractivity contribution in [1.29, 1.82) is 0 Å². The lowest BCUT2D eigenvalue weighted by Gasteiger charge is -2.44. The number of thioether (sulfide) groups is 1. The van der Waals surface area contributed by atoms with Crippen molar-refractivity contribution in [3.05, 3.63) is 18.2 Å². The number of hydrogen-bond acceptors (Lipinski definition) is 7. The van der Waals surface area contributed by atoms with Crippen molar-refractivity contribution in [3.63, 3.8) is 0 Å². The fourth-order valence-electron chi connectivity index (χ4n) is 4.49. The maximum atomic E-state index is 12.9. The average Bonchev–Trinajstić information content (AvgIpc) is 3.25. The lowest BCUT2D eigenvalue weighted by Crippen LogP contribution is -2.50. The molecule has 2 fully saturated rings. The zero-order valence-corrected chi connectivity index (χ0v) is 17.7. The van der Waals surface area contributed by atoms with E-state index in [-0.39, 0.29) is 5.91 Å². The highest BCUT2D eigenvalue weighted by Gasteiger charge is 2.35. The SMILES string of the molecule is COc1ccc(-c2nnc(SCC(=O)N3CCC[C@H]4CCCC[C@@H]43)o2)c(OC)c1. The Morgan fingerprint density at radius 1 is 1.17 bits per heavy atom. The van der Waals surface area contributed by atoms with E-state index in [1.165, 1.54) is 37.4 Å². The smallest absolute Gasteiger partial charge is 0.277 e. The molecule has 0 spiro atoms. The number of methoxy groups -OCH3 is 2. The number of rotatable bonds is 6. The number of piperidine rings is 1. The second-order valence-corrected chi connectivity index (χ2v) is 8.50. The van der Waals surface area contributed by atoms with Gasteiger partial charge in [0, 0.05) is 18.7 Å². The zero-order valence-electron chi connectivity index (χ0n) is 16.9. The van der Waals surface area contributed by atoms with Crippen LogP contribution in [0.3, 0.4) is 0 Å². The molecule has 2 heterocycles. The number of carbonyl (C=O) groups excluding carboxylic acids is 1. The summed E-state index contributed by atoms with van der Waals surface area (Å²) in [5.74, 6) is 2.83. The molecule has 2 aliphatic rings. The topological polar surface area (TPSA) is 77.7 Å². The van der Waals surface area contributed by atoms with Crippen molar-refractivity contribution in [1.82, 2.24) is 15.1 Å². The second kappa shape index (κ2) is 9.07. The normalized spacial score (nSPS) is 21.5. The number of amides is 1. The van der Waals surface area contributed by atoms with E-state index >= 15 is 0 Å². The van der Waals surface area contributed by atoms with Gasteiger partial charge in [0.2, 0.25) is 5.91 Å². The van der Waals surface area contributed by atoms with Crippen LogP contribution in [0, 0.1) is 5.92 Å². The third kappa shape index (κ3) is 4.37. The van der Waals surface area contributed by atoms with Gasteiger partial charge in [0.25, 0.3) is 11.1 Å². The van der Waals surface area contributed by atoms with E-state index in [2.05, 4.69) is 15.1 Å². The van der Waals surface area contributed by atoms with Gasteiger partial charge in [-0.25, -0.2) is 0 Å². The van der Waals surface area contributed by atoms with Crippen molar-refractivity contribution < 1.29 is 18.7 Å². The fraction of sp³-hybridized carbons (Fsp3) is 0.571. The summed E-state index contributed by atoms with van der Waals surface area (Å²) in [4.78, 5) is 15.0. The Hall–Kier alpha value is -2.22. The molecule has 156 valence electrons. The molecule has 2 aromatic rings. The Morgan fingerprint density at radius 3 is 2.83 bits per heavy atom. The zero-order chi connectivity index (χ0) is 20.2. The monoisotopic (exact) mass is 417 g/mol. The third-order valence-electron chi connectivity index (χ3n) is 5.93. The minimum absolute atomic E-state index is 0.174. The summed E-state index contributed by atoms with van der Waals surface area (Å²) in [6.07, 6.45) is 7.31. The number of ether oxygens (including phenoxy) is 2. The van der Waals surface area contributed by atoms with Crippen molar-refractivity contribution in [2.24, 2.45) is 5.92 Å². The van der Waals surface area contributed by atoms with Gasteiger partial charge in [-0.1, -0.05) is 24.6 Å². The molecule has 1 amide bonds. The number of fused-ring (bicyclic) bond motifs is 1. The minimum atomic E-state index is 0.174. The summed E-state index contributed by atoms with van der Waals surface area (Å²) in [6, 6.07) is 5.83. The first-order valence-corrected chi connectivity index (χ1v) is 11.2. The van der Waals surface area contributed by atoms with Crippen molar-refractivity contribution in [3.8, 4) is 23.0 Å². The van der Waals surface area contributed by atoms with E-state index in [1.807, 2.05) is 12.1 Å². The molecule has 0 N–H and O–H groups in total. The van der Waals surface area contributed by atoms with Crippen LogP contribution >= 0.6 is 11.8 Å². The molecule has 1 saturated heterocycles. The molecular formula is C21H27N3O4S. The molecule has 1 saturated carbocycles. The van der Waals surface area contributed by atoms with Gasteiger partial charge in [-0.3, -0.25) is 4.79 Å². The Kier molecular flexibility index (Phi) is 6.28. The summed E-state index contributed by atoms with van der Waals surface area (Å²) in [5, 5.41) is 8.61. The highest BCUT2D eigenvalue weighted by atomic mass is 32.2. The quantitative estimate of drug-likeness (QED) is 0.657. The van der Waals surface area contributed by atoms with Gasteiger partial charge in [-0.05, 0) is 43.7 Å². The molecule has 0 radical (unpaired) electrons. The molecule has 8 heteroatoms. The van der Waals surface area contributed by atoms with Crippen molar-refractivity contribution in [2.45, 2.75) is 49.8 Å². The molecule has 1 aromatic heterocycles. The van der Waals surface area contributed by atoms with Crippen molar-refractivity contribution >= 4 is 17.7 Å². The highest BCUT2D eigenvalue weighted by Crippen LogP contribution is 2.36. The number of hydrogen-bond donors (Lipinski definition) is 0. The molecule has 0 unspecified atom stereocenters. The minimum Gasteiger partial charge on any atom is -0.497 e.